The van der Waals surface area contributed by atoms with Crippen molar-refractivity contribution in [2.45, 2.75) is 19.8 Å². The summed E-state index contributed by atoms with van der Waals surface area (Å²) in [5, 5.41) is 2.62. The fraction of sp³-hybridized carbons (Fsp3) is 0.192. The first-order chi connectivity index (χ1) is 16.0. The molecule has 7 nitrogen and oxygen atoms in total. The summed E-state index contributed by atoms with van der Waals surface area (Å²) in [4.78, 5) is 36.4. The van der Waals surface area contributed by atoms with Crippen LogP contribution in [0.4, 0.5) is 5.69 Å². The number of para-hydroxylation sites is 1. The van der Waals surface area contributed by atoms with Gasteiger partial charge in [-0.15, -0.1) is 0 Å². The van der Waals surface area contributed by atoms with E-state index in [4.69, 9.17) is 14.2 Å². The second kappa shape index (κ2) is 12.0. The van der Waals surface area contributed by atoms with Crippen LogP contribution >= 0.6 is 0 Å². The number of rotatable bonds is 10. The molecule has 3 aromatic carbocycles. The minimum Gasteiger partial charge on any atom is -0.462 e. The highest BCUT2D eigenvalue weighted by atomic mass is 16.5. The van der Waals surface area contributed by atoms with Crippen LogP contribution in [0, 0.1) is 0 Å². The van der Waals surface area contributed by atoms with E-state index in [1.165, 1.54) is 0 Å². The first-order valence-electron chi connectivity index (χ1n) is 10.6. The highest BCUT2D eigenvalue weighted by Gasteiger charge is 2.12. The van der Waals surface area contributed by atoms with Crippen molar-refractivity contribution in [1.82, 2.24) is 0 Å². The van der Waals surface area contributed by atoms with E-state index in [2.05, 4.69) is 5.32 Å². The van der Waals surface area contributed by atoms with Gasteiger partial charge in [-0.1, -0.05) is 37.6 Å². The highest BCUT2D eigenvalue weighted by Crippen LogP contribution is 2.22. The lowest BCUT2D eigenvalue weighted by atomic mass is 10.2. The number of benzene rings is 3. The minimum atomic E-state index is -0.645. The Morgan fingerprint density at radius 2 is 1.45 bits per heavy atom. The van der Waals surface area contributed by atoms with Crippen LogP contribution in [0.5, 0.6) is 11.5 Å². The number of carbonyl (C=O) groups is 3. The Kier molecular flexibility index (Phi) is 8.59. The van der Waals surface area contributed by atoms with Crippen LogP contribution in [0.3, 0.4) is 0 Å². The quantitative estimate of drug-likeness (QED) is 0.338. The Morgan fingerprint density at radius 3 is 2.18 bits per heavy atom. The number of nitrogens with one attached hydrogen (secondary N) is 1. The van der Waals surface area contributed by atoms with Crippen LogP contribution in [0.25, 0.3) is 0 Å². The lowest BCUT2D eigenvalue weighted by molar-refractivity contribution is -0.119. The van der Waals surface area contributed by atoms with Crippen molar-refractivity contribution in [3.63, 3.8) is 0 Å². The number of ether oxygens (including phenoxy) is 3. The first kappa shape index (κ1) is 23.5. The zero-order chi connectivity index (χ0) is 23.5. The Morgan fingerprint density at radius 1 is 0.758 bits per heavy atom. The molecule has 0 saturated heterocycles. The van der Waals surface area contributed by atoms with Crippen molar-refractivity contribution < 1.29 is 28.6 Å². The average molecular weight is 447 g/mol. The molecule has 3 aromatic rings. The molecule has 0 saturated carbocycles. The summed E-state index contributed by atoms with van der Waals surface area (Å²) in [6.07, 6.45) is 1.75. The molecule has 1 N–H and O–H groups in total. The minimum absolute atomic E-state index is 0.266. The third-order valence-corrected chi connectivity index (χ3v) is 4.52. The van der Waals surface area contributed by atoms with E-state index >= 15 is 0 Å². The summed E-state index contributed by atoms with van der Waals surface area (Å²) in [5.41, 5.74) is 1.13. The number of hydrogen-bond donors (Lipinski definition) is 1. The van der Waals surface area contributed by atoms with Crippen LogP contribution in [0.2, 0.25) is 0 Å². The molecule has 0 aliphatic carbocycles. The van der Waals surface area contributed by atoms with E-state index in [0.717, 1.165) is 12.8 Å². The van der Waals surface area contributed by atoms with Gasteiger partial charge in [-0.2, -0.15) is 0 Å². The maximum atomic E-state index is 12.3. The van der Waals surface area contributed by atoms with Crippen molar-refractivity contribution in [3.8, 4) is 11.5 Å². The van der Waals surface area contributed by atoms with Gasteiger partial charge in [0.15, 0.2) is 6.61 Å². The topological polar surface area (TPSA) is 90.9 Å². The van der Waals surface area contributed by atoms with Crippen LogP contribution in [0.1, 0.15) is 40.5 Å². The molecule has 0 spiro atoms. The number of hydrogen-bond acceptors (Lipinski definition) is 6. The molecule has 0 heterocycles. The summed E-state index contributed by atoms with van der Waals surface area (Å²) in [6, 6.07) is 22.0. The first-order valence-corrected chi connectivity index (χ1v) is 10.6. The molecule has 7 heteroatoms. The molecular weight excluding hydrogens is 422 g/mol. The number of anilines is 1. The predicted octanol–water partition coefficient (Wildman–Crippen LogP) is 5.23. The fourth-order valence-corrected chi connectivity index (χ4v) is 2.80. The predicted molar refractivity (Wildman–Crippen MR) is 124 cm³/mol. The van der Waals surface area contributed by atoms with Gasteiger partial charge in [0, 0.05) is 5.69 Å². The molecule has 0 unspecified atom stereocenters. The molecule has 0 fully saturated rings. The van der Waals surface area contributed by atoms with E-state index in [9.17, 15) is 14.4 Å². The second-order valence-corrected chi connectivity index (χ2v) is 7.13. The van der Waals surface area contributed by atoms with Crippen molar-refractivity contribution in [1.29, 1.82) is 0 Å². The largest absolute Gasteiger partial charge is 0.462 e. The van der Waals surface area contributed by atoms with Gasteiger partial charge >= 0.3 is 11.9 Å². The van der Waals surface area contributed by atoms with Gasteiger partial charge in [0.2, 0.25) is 0 Å². The monoisotopic (exact) mass is 447 g/mol. The molecule has 33 heavy (non-hydrogen) atoms. The summed E-state index contributed by atoms with van der Waals surface area (Å²) in [7, 11) is 0. The number of amides is 1. The number of carbonyl (C=O) groups excluding carboxylic acids is 3. The van der Waals surface area contributed by atoms with E-state index in [1.54, 1.807) is 60.7 Å². The van der Waals surface area contributed by atoms with Crippen molar-refractivity contribution in [2.75, 3.05) is 18.5 Å². The SMILES string of the molecule is CCCCOC(=O)c1ccc(NC(=O)COC(=O)c2cccc(Oc3ccccc3)c2)cc1. The van der Waals surface area contributed by atoms with Gasteiger partial charge in [-0.3, -0.25) is 4.79 Å². The van der Waals surface area contributed by atoms with Gasteiger partial charge in [-0.25, -0.2) is 9.59 Å². The van der Waals surface area contributed by atoms with Crippen molar-refractivity contribution >= 4 is 23.5 Å². The van der Waals surface area contributed by atoms with Crippen LogP contribution < -0.4 is 10.1 Å². The third-order valence-electron chi connectivity index (χ3n) is 4.52. The van der Waals surface area contributed by atoms with Crippen LogP contribution in [0.15, 0.2) is 78.9 Å². The van der Waals surface area contributed by atoms with Gasteiger partial charge in [0.1, 0.15) is 11.5 Å². The molecule has 1 amide bonds. The lowest BCUT2D eigenvalue weighted by Crippen LogP contribution is -2.21. The summed E-state index contributed by atoms with van der Waals surface area (Å²) >= 11 is 0. The molecule has 3 rings (SSSR count). The van der Waals surface area contributed by atoms with E-state index in [-0.39, 0.29) is 5.56 Å². The van der Waals surface area contributed by atoms with E-state index in [0.29, 0.717) is 29.4 Å². The van der Waals surface area contributed by atoms with Gasteiger partial charge in [-0.05, 0) is 61.0 Å². The molecule has 0 bridgehead atoms. The molecule has 0 aliphatic rings. The third kappa shape index (κ3) is 7.50. The zero-order valence-electron chi connectivity index (χ0n) is 18.3. The standard InChI is InChI=1S/C26H25NO6/c1-2-3-16-31-25(29)19-12-14-21(15-13-19)27-24(28)18-32-26(30)20-8-7-11-23(17-20)33-22-9-5-4-6-10-22/h4-15,17H,2-3,16,18H2,1H3,(H,27,28). The van der Waals surface area contributed by atoms with E-state index < -0.39 is 24.5 Å². The van der Waals surface area contributed by atoms with E-state index in [1.807, 2.05) is 25.1 Å². The molecule has 0 radical (unpaired) electrons. The maximum absolute atomic E-state index is 12.3. The van der Waals surface area contributed by atoms with Gasteiger partial charge in [0.05, 0.1) is 17.7 Å². The highest BCUT2D eigenvalue weighted by molar-refractivity contribution is 5.96. The Balaban J connectivity index is 1.48. The normalized spacial score (nSPS) is 10.2. The summed E-state index contributed by atoms with van der Waals surface area (Å²) < 4.78 is 16.0. The van der Waals surface area contributed by atoms with Gasteiger partial charge < -0.3 is 19.5 Å². The Bertz CT molecular complexity index is 1080. The van der Waals surface area contributed by atoms with Crippen LogP contribution in [-0.2, 0) is 14.3 Å². The van der Waals surface area contributed by atoms with Crippen LogP contribution in [-0.4, -0.2) is 31.1 Å². The number of unbranched alkanes of at least 4 members (excludes halogenated alkanes) is 1. The summed E-state index contributed by atoms with van der Waals surface area (Å²) in [5.74, 6) is -0.433. The van der Waals surface area contributed by atoms with Crippen molar-refractivity contribution in [2.24, 2.45) is 0 Å². The fourth-order valence-electron chi connectivity index (χ4n) is 2.80. The number of esters is 2. The molecule has 0 atom stereocenters. The summed E-state index contributed by atoms with van der Waals surface area (Å²) in [6.45, 7) is 1.93. The Labute approximate surface area is 192 Å². The second-order valence-electron chi connectivity index (χ2n) is 7.13. The molecule has 0 aliphatic heterocycles. The smallest absolute Gasteiger partial charge is 0.338 e. The molecule has 0 aromatic heterocycles. The average Bonchev–Trinajstić information content (AvgIpc) is 2.84. The zero-order valence-corrected chi connectivity index (χ0v) is 18.3. The van der Waals surface area contributed by atoms with Gasteiger partial charge in [0.25, 0.3) is 5.91 Å². The molecular formula is C26H25NO6. The lowest BCUT2D eigenvalue weighted by Gasteiger charge is -2.09. The molecule has 170 valence electrons. The van der Waals surface area contributed by atoms with Crippen molar-refractivity contribution in [3.05, 3.63) is 90.0 Å². The Hall–Kier alpha value is -4.13. The maximum Gasteiger partial charge on any atom is 0.338 e.